The lowest BCUT2D eigenvalue weighted by Crippen LogP contribution is -2.19. The highest BCUT2D eigenvalue weighted by molar-refractivity contribution is 5.68. The summed E-state index contributed by atoms with van der Waals surface area (Å²) in [6.45, 7) is -0.197. The first-order valence-electron chi connectivity index (χ1n) is 3.77. The fraction of sp³-hybridized carbons (Fsp3) is 0.857. The third kappa shape index (κ3) is 2.86. The predicted octanol–water partition coefficient (Wildman–Crippen LogP) is -0.0326. The maximum Gasteiger partial charge on any atom is 0.329 e. The first-order valence-corrected chi connectivity index (χ1v) is 3.77. The number of carboxylic acid groups (broad SMARTS) is 1. The average molecular weight is 159 g/mol. The second-order valence-electron chi connectivity index (χ2n) is 2.90. The molecule has 0 amide bonds. The number of aliphatic carboxylic acids is 1. The van der Waals surface area contributed by atoms with Crippen LogP contribution in [0.5, 0.6) is 0 Å². The van der Waals surface area contributed by atoms with Gasteiger partial charge in [0.05, 0.1) is 6.10 Å². The molecule has 0 bridgehead atoms. The summed E-state index contributed by atoms with van der Waals surface area (Å²) in [5.74, 6) is -0.912. The van der Waals surface area contributed by atoms with Crippen LogP contribution in [-0.4, -0.2) is 29.8 Å². The summed E-state index contributed by atoms with van der Waals surface area (Å²) in [4.78, 5) is 10.1. The van der Waals surface area contributed by atoms with Gasteiger partial charge in [0.25, 0.3) is 0 Å². The van der Waals surface area contributed by atoms with E-state index in [1.54, 1.807) is 0 Å². The highest BCUT2D eigenvalue weighted by atomic mass is 16.5. The quantitative estimate of drug-likeness (QED) is 0.606. The monoisotopic (exact) mass is 159 g/mol. The van der Waals surface area contributed by atoms with Crippen LogP contribution in [0.1, 0.15) is 19.3 Å². The molecule has 3 N–H and O–H groups in total. The van der Waals surface area contributed by atoms with Gasteiger partial charge in [-0.15, -0.1) is 0 Å². The number of hydrogen-bond acceptors (Lipinski definition) is 3. The minimum absolute atomic E-state index is 0.0705. The van der Waals surface area contributed by atoms with Crippen molar-refractivity contribution in [1.29, 1.82) is 0 Å². The van der Waals surface area contributed by atoms with E-state index >= 15 is 0 Å². The Kier molecular flexibility index (Phi) is 2.84. The van der Waals surface area contributed by atoms with Crippen LogP contribution in [0.15, 0.2) is 0 Å². The molecule has 0 heterocycles. The summed E-state index contributed by atoms with van der Waals surface area (Å²) in [7, 11) is 0. The van der Waals surface area contributed by atoms with Gasteiger partial charge < -0.3 is 15.6 Å². The number of carboxylic acids is 1. The SMILES string of the molecule is NC1CCC(OCC(=O)O)C1. The van der Waals surface area contributed by atoms with Gasteiger partial charge in [0, 0.05) is 6.04 Å². The van der Waals surface area contributed by atoms with E-state index in [1.807, 2.05) is 0 Å². The van der Waals surface area contributed by atoms with Crippen LogP contribution >= 0.6 is 0 Å². The number of ether oxygens (including phenoxy) is 1. The molecule has 1 aliphatic rings. The van der Waals surface area contributed by atoms with Gasteiger partial charge in [-0.3, -0.25) is 0 Å². The topological polar surface area (TPSA) is 72.5 Å². The van der Waals surface area contributed by atoms with Gasteiger partial charge in [0.2, 0.25) is 0 Å². The zero-order valence-electron chi connectivity index (χ0n) is 6.32. The normalized spacial score (nSPS) is 30.6. The second kappa shape index (κ2) is 3.69. The van der Waals surface area contributed by atoms with E-state index < -0.39 is 5.97 Å². The molecule has 11 heavy (non-hydrogen) atoms. The van der Waals surface area contributed by atoms with Crippen LogP contribution < -0.4 is 5.73 Å². The largest absolute Gasteiger partial charge is 0.480 e. The highest BCUT2D eigenvalue weighted by Crippen LogP contribution is 2.19. The van der Waals surface area contributed by atoms with Crippen LogP contribution in [0.25, 0.3) is 0 Å². The second-order valence-corrected chi connectivity index (χ2v) is 2.90. The summed E-state index contributed by atoms with van der Waals surface area (Å²) < 4.78 is 5.06. The molecule has 0 aliphatic heterocycles. The van der Waals surface area contributed by atoms with Crippen molar-refractivity contribution in [3.05, 3.63) is 0 Å². The van der Waals surface area contributed by atoms with E-state index in [9.17, 15) is 4.79 Å². The molecule has 0 radical (unpaired) electrons. The molecule has 0 spiro atoms. The predicted molar refractivity (Wildman–Crippen MR) is 39.2 cm³/mol. The fourth-order valence-corrected chi connectivity index (χ4v) is 1.31. The molecule has 1 saturated carbocycles. The Bertz CT molecular complexity index is 149. The smallest absolute Gasteiger partial charge is 0.329 e. The fourth-order valence-electron chi connectivity index (χ4n) is 1.31. The standard InChI is InChI=1S/C7H13NO3/c8-5-1-2-6(3-5)11-4-7(9)10/h5-6H,1-4,8H2,(H,9,10). The Morgan fingerprint density at radius 3 is 2.82 bits per heavy atom. The molecule has 2 atom stereocenters. The molecule has 0 aromatic heterocycles. The molecule has 0 aromatic carbocycles. The molecular formula is C7H13NO3. The molecule has 1 fully saturated rings. The molecule has 4 nitrogen and oxygen atoms in total. The van der Waals surface area contributed by atoms with Gasteiger partial charge in [-0.25, -0.2) is 4.79 Å². The van der Waals surface area contributed by atoms with Crippen LogP contribution in [-0.2, 0) is 9.53 Å². The van der Waals surface area contributed by atoms with Gasteiger partial charge in [-0.1, -0.05) is 0 Å². The lowest BCUT2D eigenvalue weighted by atomic mass is 10.3. The minimum atomic E-state index is -0.912. The van der Waals surface area contributed by atoms with Gasteiger partial charge in [0.15, 0.2) is 0 Å². The Morgan fingerprint density at radius 1 is 1.64 bits per heavy atom. The maximum absolute atomic E-state index is 10.1. The lowest BCUT2D eigenvalue weighted by molar-refractivity contribution is -0.144. The zero-order chi connectivity index (χ0) is 8.27. The van der Waals surface area contributed by atoms with Crippen molar-refractivity contribution >= 4 is 5.97 Å². The van der Waals surface area contributed by atoms with Crippen LogP contribution in [0.3, 0.4) is 0 Å². The van der Waals surface area contributed by atoms with Crippen molar-refractivity contribution in [1.82, 2.24) is 0 Å². The van der Waals surface area contributed by atoms with Gasteiger partial charge in [-0.05, 0) is 19.3 Å². The molecule has 1 aliphatic carbocycles. The Balaban J connectivity index is 2.13. The van der Waals surface area contributed by atoms with Crippen LogP contribution in [0.2, 0.25) is 0 Å². The minimum Gasteiger partial charge on any atom is -0.480 e. The molecule has 4 heteroatoms. The molecule has 2 unspecified atom stereocenters. The summed E-state index contributed by atoms with van der Waals surface area (Å²) >= 11 is 0. The average Bonchev–Trinajstić information content (AvgIpc) is 2.31. The number of rotatable bonds is 3. The van der Waals surface area contributed by atoms with E-state index in [4.69, 9.17) is 15.6 Å². The van der Waals surface area contributed by atoms with Gasteiger partial charge in [0.1, 0.15) is 6.61 Å². The lowest BCUT2D eigenvalue weighted by Gasteiger charge is -2.08. The third-order valence-electron chi connectivity index (χ3n) is 1.87. The van der Waals surface area contributed by atoms with Crippen molar-refractivity contribution in [2.24, 2.45) is 5.73 Å². The van der Waals surface area contributed by atoms with Crippen molar-refractivity contribution in [3.63, 3.8) is 0 Å². The molecule has 0 saturated heterocycles. The van der Waals surface area contributed by atoms with E-state index in [1.165, 1.54) is 0 Å². The van der Waals surface area contributed by atoms with E-state index in [-0.39, 0.29) is 18.8 Å². The van der Waals surface area contributed by atoms with Crippen molar-refractivity contribution in [2.45, 2.75) is 31.4 Å². The third-order valence-corrected chi connectivity index (χ3v) is 1.87. The number of hydrogen-bond donors (Lipinski definition) is 2. The molecule has 1 rings (SSSR count). The Labute approximate surface area is 65.3 Å². The van der Waals surface area contributed by atoms with Gasteiger partial charge in [-0.2, -0.15) is 0 Å². The van der Waals surface area contributed by atoms with Crippen molar-refractivity contribution in [3.8, 4) is 0 Å². The van der Waals surface area contributed by atoms with E-state index in [0.29, 0.717) is 0 Å². The van der Waals surface area contributed by atoms with Crippen molar-refractivity contribution in [2.75, 3.05) is 6.61 Å². The summed E-state index contributed by atoms with van der Waals surface area (Å²) in [6, 6.07) is 0.203. The summed E-state index contributed by atoms with van der Waals surface area (Å²) in [6.07, 6.45) is 2.72. The number of nitrogens with two attached hydrogens (primary N) is 1. The molecule has 0 aromatic rings. The van der Waals surface area contributed by atoms with E-state index in [0.717, 1.165) is 19.3 Å². The van der Waals surface area contributed by atoms with E-state index in [2.05, 4.69) is 0 Å². The molecule has 64 valence electrons. The van der Waals surface area contributed by atoms with Gasteiger partial charge >= 0.3 is 5.97 Å². The Hall–Kier alpha value is -0.610. The molecular weight excluding hydrogens is 146 g/mol. The number of carbonyl (C=O) groups is 1. The Morgan fingerprint density at radius 2 is 2.36 bits per heavy atom. The first-order chi connectivity index (χ1) is 5.18. The van der Waals surface area contributed by atoms with Crippen LogP contribution in [0.4, 0.5) is 0 Å². The zero-order valence-corrected chi connectivity index (χ0v) is 6.32. The summed E-state index contributed by atoms with van der Waals surface area (Å²) in [5, 5.41) is 8.28. The first kappa shape index (κ1) is 8.49. The maximum atomic E-state index is 10.1. The summed E-state index contributed by atoms with van der Waals surface area (Å²) in [5.41, 5.74) is 5.60. The van der Waals surface area contributed by atoms with Crippen LogP contribution in [0, 0.1) is 0 Å². The van der Waals surface area contributed by atoms with Crippen molar-refractivity contribution < 1.29 is 14.6 Å². The highest BCUT2D eigenvalue weighted by Gasteiger charge is 2.22.